The topological polar surface area (TPSA) is 38.3 Å². The van der Waals surface area contributed by atoms with Crippen molar-refractivity contribution in [3.05, 3.63) is 53.1 Å². The highest BCUT2D eigenvalue weighted by molar-refractivity contribution is 8.00. The summed E-state index contributed by atoms with van der Waals surface area (Å²) < 4.78 is 42.9. The van der Waals surface area contributed by atoms with Crippen molar-refractivity contribution in [2.24, 2.45) is 0 Å². The highest BCUT2D eigenvalue weighted by atomic mass is 35.5. The van der Waals surface area contributed by atoms with E-state index in [1.807, 2.05) is 0 Å². The van der Waals surface area contributed by atoms with Crippen LogP contribution in [0.25, 0.3) is 0 Å². The fourth-order valence-electron chi connectivity index (χ4n) is 1.85. The Labute approximate surface area is 146 Å². The number of ether oxygens (including phenoxy) is 1. The summed E-state index contributed by atoms with van der Waals surface area (Å²) in [7, 11) is 1.48. The normalized spacial score (nSPS) is 11.2. The van der Waals surface area contributed by atoms with Gasteiger partial charge >= 0.3 is 6.18 Å². The number of amides is 1. The van der Waals surface area contributed by atoms with Gasteiger partial charge in [0.1, 0.15) is 5.75 Å². The monoisotopic (exact) mass is 375 g/mol. The average Bonchev–Trinajstić information content (AvgIpc) is 2.53. The Morgan fingerprint density at radius 1 is 1.25 bits per heavy atom. The molecule has 2 rings (SSSR count). The molecule has 0 radical (unpaired) electrons. The molecule has 0 atom stereocenters. The van der Waals surface area contributed by atoms with E-state index in [1.165, 1.54) is 25.3 Å². The minimum absolute atomic E-state index is 0.0229. The molecule has 0 saturated heterocycles. The van der Waals surface area contributed by atoms with Gasteiger partial charge in [-0.15, -0.1) is 11.8 Å². The Hall–Kier alpha value is -1.86. The van der Waals surface area contributed by atoms with Crippen LogP contribution in [-0.2, 0) is 11.0 Å². The van der Waals surface area contributed by atoms with Gasteiger partial charge in [0.05, 0.1) is 23.4 Å². The molecule has 0 fully saturated rings. The molecule has 128 valence electrons. The summed E-state index contributed by atoms with van der Waals surface area (Å²) in [5, 5.41) is 2.98. The quantitative estimate of drug-likeness (QED) is 0.739. The maximum absolute atomic E-state index is 12.6. The van der Waals surface area contributed by atoms with Crippen molar-refractivity contribution < 1.29 is 22.7 Å². The number of benzene rings is 2. The first-order valence-corrected chi connectivity index (χ1v) is 8.09. The Bertz CT molecular complexity index is 738. The van der Waals surface area contributed by atoms with Gasteiger partial charge in [-0.2, -0.15) is 13.2 Å². The Morgan fingerprint density at radius 2 is 2.00 bits per heavy atom. The van der Waals surface area contributed by atoms with Gasteiger partial charge in [-0.3, -0.25) is 4.79 Å². The van der Waals surface area contributed by atoms with E-state index in [2.05, 4.69) is 5.32 Å². The predicted molar refractivity (Wildman–Crippen MR) is 88.8 cm³/mol. The van der Waals surface area contributed by atoms with Gasteiger partial charge in [-0.25, -0.2) is 0 Å². The molecule has 0 aliphatic rings. The number of methoxy groups -OCH3 is 1. The molecule has 0 bridgehead atoms. The van der Waals surface area contributed by atoms with Crippen LogP contribution in [0.2, 0.25) is 5.02 Å². The predicted octanol–water partition coefficient (Wildman–Crippen LogP) is 5.10. The van der Waals surface area contributed by atoms with Gasteiger partial charge in [0.2, 0.25) is 5.91 Å². The second-order valence-corrected chi connectivity index (χ2v) is 6.17. The zero-order valence-electron chi connectivity index (χ0n) is 12.5. The first-order chi connectivity index (χ1) is 11.3. The maximum atomic E-state index is 12.6. The van der Waals surface area contributed by atoms with E-state index < -0.39 is 11.7 Å². The zero-order valence-corrected chi connectivity index (χ0v) is 14.1. The first kappa shape index (κ1) is 18.5. The van der Waals surface area contributed by atoms with Crippen LogP contribution in [-0.4, -0.2) is 18.8 Å². The van der Waals surface area contributed by atoms with Crippen LogP contribution in [0.15, 0.2) is 47.4 Å². The van der Waals surface area contributed by atoms with Crippen molar-refractivity contribution in [2.45, 2.75) is 11.1 Å². The highest BCUT2D eigenvalue weighted by Crippen LogP contribution is 2.32. The van der Waals surface area contributed by atoms with Gasteiger partial charge in [0.25, 0.3) is 0 Å². The third-order valence-corrected chi connectivity index (χ3v) is 4.26. The van der Waals surface area contributed by atoms with Gasteiger partial charge in [-0.1, -0.05) is 17.7 Å². The number of alkyl halides is 3. The molecule has 0 saturated carbocycles. The van der Waals surface area contributed by atoms with Crippen molar-refractivity contribution in [1.82, 2.24) is 0 Å². The average molecular weight is 376 g/mol. The molecule has 0 spiro atoms. The summed E-state index contributed by atoms with van der Waals surface area (Å²) >= 11 is 6.98. The number of anilines is 1. The number of rotatable bonds is 5. The van der Waals surface area contributed by atoms with Crippen molar-refractivity contribution in [3.63, 3.8) is 0 Å². The summed E-state index contributed by atoms with van der Waals surface area (Å²) in [4.78, 5) is 12.3. The summed E-state index contributed by atoms with van der Waals surface area (Å²) in [6, 6.07) is 9.61. The Balaban J connectivity index is 1.95. The lowest BCUT2D eigenvalue weighted by Crippen LogP contribution is -2.14. The molecule has 24 heavy (non-hydrogen) atoms. The summed E-state index contributed by atoms with van der Waals surface area (Å²) in [6.45, 7) is 0. The Kier molecular flexibility index (Phi) is 6.01. The highest BCUT2D eigenvalue weighted by Gasteiger charge is 2.30. The van der Waals surface area contributed by atoms with Crippen LogP contribution in [0.3, 0.4) is 0 Å². The SMILES string of the molecule is COc1ccc(NC(=O)CSc2cccc(C(F)(F)F)c2)cc1Cl. The molecule has 2 aromatic carbocycles. The van der Waals surface area contributed by atoms with Gasteiger partial charge < -0.3 is 10.1 Å². The van der Waals surface area contributed by atoms with Crippen molar-refractivity contribution >= 4 is 35.0 Å². The smallest absolute Gasteiger partial charge is 0.416 e. The molecule has 2 aromatic rings. The van der Waals surface area contributed by atoms with Gasteiger partial charge in [0.15, 0.2) is 0 Å². The molecule has 0 unspecified atom stereocenters. The molecule has 8 heteroatoms. The fraction of sp³-hybridized carbons (Fsp3) is 0.188. The van der Waals surface area contributed by atoms with Crippen LogP contribution >= 0.6 is 23.4 Å². The van der Waals surface area contributed by atoms with E-state index in [-0.39, 0.29) is 11.7 Å². The number of nitrogens with one attached hydrogen (secondary N) is 1. The van der Waals surface area contributed by atoms with E-state index in [0.29, 0.717) is 21.4 Å². The van der Waals surface area contributed by atoms with Crippen LogP contribution in [0.1, 0.15) is 5.56 Å². The standard InChI is InChI=1S/C16H13ClF3NO2S/c1-23-14-6-5-11(8-13(14)17)21-15(22)9-24-12-4-2-3-10(7-12)16(18,19)20/h2-8H,9H2,1H3,(H,21,22). The van der Waals surface area contributed by atoms with Crippen molar-refractivity contribution in [2.75, 3.05) is 18.2 Å². The van der Waals surface area contributed by atoms with Gasteiger partial charge in [-0.05, 0) is 36.4 Å². The van der Waals surface area contributed by atoms with Crippen LogP contribution < -0.4 is 10.1 Å². The van der Waals surface area contributed by atoms with Crippen LogP contribution in [0.5, 0.6) is 5.75 Å². The minimum Gasteiger partial charge on any atom is -0.495 e. The Morgan fingerprint density at radius 3 is 2.62 bits per heavy atom. The van der Waals surface area contributed by atoms with E-state index >= 15 is 0 Å². The zero-order chi connectivity index (χ0) is 17.7. The number of carbonyl (C=O) groups is 1. The number of halogens is 4. The summed E-state index contributed by atoms with van der Waals surface area (Å²) in [5.41, 5.74) is -0.259. The molecule has 0 heterocycles. The maximum Gasteiger partial charge on any atom is 0.416 e. The summed E-state index contributed by atoms with van der Waals surface area (Å²) in [6.07, 6.45) is -4.40. The van der Waals surface area contributed by atoms with E-state index in [4.69, 9.17) is 16.3 Å². The van der Waals surface area contributed by atoms with E-state index in [1.54, 1.807) is 12.1 Å². The molecule has 1 N–H and O–H groups in total. The second kappa shape index (κ2) is 7.81. The lowest BCUT2D eigenvalue weighted by molar-refractivity contribution is -0.137. The van der Waals surface area contributed by atoms with Crippen molar-refractivity contribution in [1.29, 1.82) is 0 Å². The molecule has 3 nitrogen and oxygen atoms in total. The van der Waals surface area contributed by atoms with Crippen LogP contribution in [0.4, 0.5) is 18.9 Å². The lowest BCUT2D eigenvalue weighted by Gasteiger charge is -2.09. The third kappa shape index (κ3) is 5.07. The van der Waals surface area contributed by atoms with E-state index in [0.717, 1.165) is 23.9 Å². The second-order valence-electron chi connectivity index (χ2n) is 4.71. The largest absolute Gasteiger partial charge is 0.495 e. The molecule has 0 aliphatic carbocycles. The van der Waals surface area contributed by atoms with Gasteiger partial charge in [0, 0.05) is 10.6 Å². The fourth-order valence-corrected chi connectivity index (χ4v) is 2.87. The molecular weight excluding hydrogens is 363 g/mol. The lowest BCUT2D eigenvalue weighted by atomic mass is 10.2. The number of carbonyl (C=O) groups excluding carboxylic acids is 1. The third-order valence-electron chi connectivity index (χ3n) is 2.97. The number of hydrogen-bond donors (Lipinski definition) is 1. The molecular formula is C16H13ClF3NO2S. The first-order valence-electron chi connectivity index (χ1n) is 6.73. The van der Waals surface area contributed by atoms with Crippen molar-refractivity contribution in [3.8, 4) is 5.75 Å². The molecule has 0 aromatic heterocycles. The van der Waals surface area contributed by atoms with Crippen LogP contribution in [0, 0.1) is 0 Å². The number of hydrogen-bond acceptors (Lipinski definition) is 3. The minimum atomic E-state index is -4.40. The van der Waals surface area contributed by atoms with E-state index in [9.17, 15) is 18.0 Å². The summed E-state index contributed by atoms with van der Waals surface area (Å²) in [5.74, 6) is 0.108. The molecule has 1 amide bonds. The number of thioether (sulfide) groups is 1. The molecule has 0 aliphatic heterocycles.